The molecule has 3 heteroatoms. The van der Waals surface area contributed by atoms with Crippen LogP contribution in [-0.2, 0) is 4.79 Å². The molecule has 1 saturated carbocycles. The minimum Gasteiger partial charge on any atom is -0.325 e. The van der Waals surface area contributed by atoms with E-state index in [1.165, 1.54) is 19.3 Å². The van der Waals surface area contributed by atoms with Gasteiger partial charge in [-0.05, 0) is 56.2 Å². The van der Waals surface area contributed by atoms with Crippen molar-refractivity contribution in [2.75, 3.05) is 5.32 Å². The van der Waals surface area contributed by atoms with Crippen molar-refractivity contribution in [3.8, 4) is 0 Å². The lowest BCUT2D eigenvalue weighted by molar-refractivity contribution is -0.128. The van der Waals surface area contributed by atoms with Crippen LogP contribution in [0.3, 0.4) is 0 Å². The lowest BCUT2D eigenvalue weighted by Gasteiger charge is -2.36. The molecule has 1 amide bonds. The predicted molar refractivity (Wildman–Crippen MR) is 96.7 cm³/mol. The Morgan fingerprint density at radius 3 is 2.59 bits per heavy atom. The zero-order valence-corrected chi connectivity index (χ0v) is 15.0. The maximum absolute atomic E-state index is 13.0. The molecule has 0 saturated heterocycles. The summed E-state index contributed by atoms with van der Waals surface area (Å²) in [5.41, 5.74) is 1.82. The number of hydrogen-bond donors (Lipinski definition) is 2. The van der Waals surface area contributed by atoms with E-state index in [2.05, 4.69) is 31.8 Å². The number of hydrogen-bond acceptors (Lipinski definition) is 2. The van der Waals surface area contributed by atoms with E-state index in [-0.39, 0.29) is 11.3 Å². The van der Waals surface area contributed by atoms with E-state index < -0.39 is 0 Å². The molecule has 1 N–H and O–H groups in total. The Kier molecular flexibility index (Phi) is 5.96. The Hall–Kier alpha value is -0.960. The summed E-state index contributed by atoms with van der Waals surface area (Å²) in [4.78, 5) is 13.9. The lowest BCUT2D eigenvalue weighted by Crippen LogP contribution is -2.38. The van der Waals surface area contributed by atoms with Crippen LogP contribution in [0.1, 0.15) is 64.4 Å². The van der Waals surface area contributed by atoms with Crippen molar-refractivity contribution >= 4 is 24.2 Å². The van der Waals surface area contributed by atoms with Gasteiger partial charge in [-0.25, -0.2) is 0 Å². The molecule has 0 unspecified atom stereocenters. The molecule has 0 bridgehead atoms. The first-order valence-corrected chi connectivity index (χ1v) is 8.99. The van der Waals surface area contributed by atoms with Gasteiger partial charge < -0.3 is 5.32 Å². The van der Waals surface area contributed by atoms with E-state index in [0.717, 1.165) is 41.8 Å². The summed E-state index contributed by atoms with van der Waals surface area (Å²) < 4.78 is 0. The van der Waals surface area contributed by atoms with Crippen LogP contribution in [0.5, 0.6) is 0 Å². The molecule has 2 rings (SSSR count). The largest absolute Gasteiger partial charge is 0.325 e. The van der Waals surface area contributed by atoms with Crippen LogP contribution in [0, 0.1) is 18.3 Å². The average Bonchev–Trinajstić information content (AvgIpc) is 2.50. The first kappa shape index (κ1) is 17.4. The van der Waals surface area contributed by atoms with E-state index in [4.69, 9.17) is 0 Å². The third kappa shape index (κ3) is 4.28. The molecule has 2 nitrogen and oxygen atoms in total. The monoisotopic (exact) mass is 319 g/mol. The molecule has 1 fully saturated rings. The summed E-state index contributed by atoms with van der Waals surface area (Å²) in [6.45, 7) is 6.51. The Morgan fingerprint density at radius 2 is 1.95 bits per heavy atom. The third-order valence-corrected chi connectivity index (χ3v) is 5.28. The van der Waals surface area contributed by atoms with Gasteiger partial charge in [-0.1, -0.05) is 39.2 Å². The number of nitrogens with one attached hydrogen (secondary N) is 1. The van der Waals surface area contributed by atoms with Crippen molar-refractivity contribution in [3.05, 3.63) is 23.8 Å². The molecule has 0 aromatic heterocycles. The van der Waals surface area contributed by atoms with Gasteiger partial charge in [0, 0.05) is 10.3 Å². The molecule has 22 heavy (non-hydrogen) atoms. The predicted octanol–water partition coefficient (Wildman–Crippen LogP) is 5.61. The summed E-state index contributed by atoms with van der Waals surface area (Å²) in [6.07, 6.45) is 7.79. The molecule has 0 spiro atoms. The fourth-order valence-electron chi connectivity index (χ4n) is 3.39. The summed E-state index contributed by atoms with van der Waals surface area (Å²) in [6, 6.07) is 5.99. The molecular weight excluding hydrogens is 290 g/mol. The number of benzene rings is 1. The standard InChI is InChI=1S/C19H29NOS/c1-14(2)9-12-19(10-5-4-6-11-19)18(21)20-16-13-15(3)7-8-17(16)22/h7-8,13-14,22H,4-6,9-12H2,1-3H3,(H,20,21). The molecule has 0 atom stereocenters. The molecule has 122 valence electrons. The van der Waals surface area contributed by atoms with Gasteiger partial charge >= 0.3 is 0 Å². The van der Waals surface area contributed by atoms with Gasteiger partial charge in [-0.3, -0.25) is 4.79 Å². The van der Waals surface area contributed by atoms with Gasteiger partial charge in [0.25, 0.3) is 0 Å². The van der Waals surface area contributed by atoms with Crippen LogP contribution >= 0.6 is 12.6 Å². The fraction of sp³-hybridized carbons (Fsp3) is 0.632. The maximum atomic E-state index is 13.0. The molecule has 1 aliphatic rings. The normalized spacial score (nSPS) is 17.5. The Bertz CT molecular complexity index is 518. The van der Waals surface area contributed by atoms with Crippen molar-refractivity contribution < 1.29 is 4.79 Å². The summed E-state index contributed by atoms with van der Waals surface area (Å²) in [7, 11) is 0. The molecule has 0 heterocycles. The van der Waals surface area contributed by atoms with E-state index >= 15 is 0 Å². The number of anilines is 1. The van der Waals surface area contributed by atoms with E-state index in [1.54, 1.807) is 0 Å². The topological polar surface area (TPSA) is 29.1 Å². The number of thiol groups is 1. The van der Waals surface area contributed by atoms with E-state index in [0.29, 0.717) is 5.92 Å². The number of carbonyl (C=O) groups is 1. The van der Waals surface area contributed by atoms with Crippen LogP contribution in [0.25, 0.3) is 0 Å². The minimum absolute atomic E-state index is 0.174. The maximum Gasteiger partial charge on any atom is 0.230 e. The second-order valence-corrected chi connectivity index (χ2v) is 7.73. The number of carbonyl (C=O) groups excluding carboxylic acids is 1. The number of aryl methyl sites for hydroxylation is 1. The highest BCUT2D eigenvalue weighted by molar-refractivity contribution is 7.80. The Morgan fingerprint density at radius 1 is 1.27 bits per heavy atom. The fourth-order valence-corrected chi connectivity index (χ4v) is 3.58. The third-order valence-electron chi connectivity index (χ3n) is 4.89. The molecular formula is C19H29NOS. The summed E-state index contributed by atoms with van der Waals surface area (Å²) >= 11 is 4.48. The summed E-state index contributed by atoms with van der Waals surface area (Å²) in [5, 5.41) is 3.17. The SMILES string of the molecule is Cc1ccc(S)c(NC(=O)C2(CCC(C)C)CCCCC2)c1. The van der Waals surface area contributed by atoms with Gasteiger partial charge in [0.15, 0.2) is 0 Å². The van der Waals surface area contributed by atoms with Crippen molar-refractivity contribution in [2.24, 2.45) is 11.3 Å². The van der Waals surface area contributed by atoms with Crippen LogP contribution in [0.4, 0.5) is 5.69 Å². The van der Waals surface area contributed by atoms with Crippen LogP contribution in [0.2, 0.25) is 0 Å². The smallest absolute Gasteiger partial charge is 0.230 e. The van der Waals surface area contributed by atoms with Crippen molar-refractivity contribution in [3.63, 3.8) is 0 Å². The van der Waals surface area contributed by atoms with Crippen LogP contribution in [0.15, 0.2) is 23.1 Å². The quantitative estimate of drug-likeness (QED) is 0.679. The highest BCUT2D eigenvalue weighted by Gasteiger charge is 2.39. The zero-order valence-electron chi connectivity index (χ0n) is 14.1. The second kappa shape index (κ2) is 7.54. The van der Waals surface area contributed by atoms with Gasteiger partial charge in [-0.15, -0.1) is 12.6 Å². The first-order valence-electron chi connectivity index (χ1n) is 8.54. The molecule has 1 aromatic rings. The lowest BCUT2D eigenvalue weighted by atomic mass is 9.69. The van der Waals surface area contributed by atoms with Crippen LogP contribution < -0.4 is 5.32 Å². The van der Waals surface area contributed by atoms with Crippen molar-refractivity contribution in [1.82, 2.24) is 0 Å². The van der Waals surface area contributed by atoms with E-state index in [1.807, 2.05) is 25.1 Å². The van der Waals surface area contributed by atoms with Crippen molar-refractivity contribution in [1.29, 1.82) is 0 Å². The minimum atomic E-state index is -0.174. The molecule has 1 aromatic carbocycles. The van der Waals surface area contributed by atoms with Gasteiger partial charge in [0.2, 0.25) is 5.91 Å². The van der Waals surface area contributed by atoms with Crippen LogP contribution in [-0.4, -0.2) is 5.91 Å². The van der Waals surface area contributed by atoms with Gasteiger partial charge in [0.1, 0.15) is 0 Å². The number of rotatable bonds is 5. The van der Waals surface area contributed by atoms with Gasteiger partial charge in [0.05, 0.1) is 5.69 Å². The molecule has 1 aliphatic carbocycles. The van der Waals surface area contributed by atoms with Crippen molar-refractivity contribution in [2.45, 2.75) is 70.6 Å². The highest BCUT2D eigenvalue weighted by atomic mass is 32.1. The average molecular weight is 320 g/mol. The molecule has 0 radical (unpaired) electrons. The Balaban J connectivity index is 2.16. The number of amides is 1. The molecule has 0 aliphatic heterocycles. The second-order valence-electron chi connectivity index (χ2n) is 7.25. The van der Waals surface area contributed by atoms with Gasteiger partial charge in [-0.2, -0.15) is 0 Å². The Labute approximate surface area is 140 Å². The summed E-state index contributed by atoms with van der Waals surface area (Å²) in [5.74, 6) is 0.847. The zero-order chi connectivity index (χ0) is 16.2. The van der Waals surface area contributed by atoms with E-state index in [9.17, 15) is 4.79 Å². The first-order chi connectivity index (χ1) is 10.4. The highest BCUT2D eigenvalue weighted by Crippen LogP contribution is 2.42.